The topological polar surface area (TPSA) is 49.3 Å². The molecular weight excluding hydrogens is 430 g/mol. The van der Waals surface area contributed by atoms with Crippen LogP contribution in [0.5, 0.6) is 0 Å². The summed E-state index contributed by atoms with van der Waals surface area (Å²) in [5.74, 6) is 0.537. The highest BCUT2D eigenvalue weighted by Crippen LogP contribution is 2.29. The summed E-state index contributed by atoms with van der Waals surface area (Å²) in [6, 6.07) is 13.9. The summed E-state index contributed by atoms with van der Waals surface area (Å²) in [5, 5.41) is -0.433. The van der Waals surface area contributed by atoms with Crippen molar-refractivity contribution in [3.63, 3.8) is 0 Å². The number of rotatable bonds is 7. The molecule has 0 bridgehead atoms. The first-order valence-electron chi connectivity index (χ1n) is 10.7. The van der Waals surface area contributed by atoms with E-state index in [0.717, 1.165) is 49.7 Å². The lowest BCUT2D eigenvalue weighted by atomic mass is 10.0. The number of benzene rings is 2. The fourth-order valence-electron chi connectivity index (χ4n) is 3.96. The molecule has 3 aromatic rings. The summed E-state index contributed by atoms with van der Waals surface area (Å²) in [6.07, 6.45) is 4.47. The lowest BCUT2D eigenvalue weighted by Crippen LogP contribution is -2.34. The van der Waals surface area contributed by atoms with Crippen molar-refractivity contribution < 1.29 is 13.0 Å². The second-order valence-electron chi connectivity index (χ2n) is 7.80. The first kappa shape index (κ1) is 22.5. The molecule has 5 nitrogen and oxygen atoms in total. The van der Waals surface area contributed by atoms with Crippen LogP contribution in [0.25, 0.3) is 0 Å². The summed E-state index contributed by atoms with van der Waals surface area (Å²) >= 11 is 0. The van der Waals surface area contributed by atoms with Crippen LogP contribution in [-0.2, 0) is 10.8 Å². The minimum absolute atomic E-state index is 0.339. The highest BCUT2D eigenvalue weighted by molar-refractivity contribution is 7.85. The molecule has 8 heteroatoms. The van der Waals surface area contributed by atoms with E-state index in [9.17, 15) is 13.0 Å². The van der Waals surface area contributed by atoms with Crippen LogP contribution >= 0.6 is 0 Å². The number of nitrogens with zero attached hydrogens (tertiary/aromatic N) is 4. The van der Waals surface area contributed by atoms with Crippen LogP contribution in [0.1, 0.15) is 22.8 Å². The van der Waals surface area contributed by atoms with Crippen LogP contribution in [0.3, 0.4) is 0 Å². The van der Waals surface area contributed by atoms with E-state index in [-0.39, 0.29) is 11.6 Å². The van der Waals surface area contributed by atoms with Gasteiger partial charge in [-0.05, 0) is 54.4 Å². The molecule has 1 unspecified atom stereocenters. The summed E-state index contributed by atoms with van der Waals surface area (Å²) in [5.41, 5.74) is 1.53. The summed E-state index contributed by atoms with van der Waals surface area (Å²) in [7, 11) is -1.25. The van der Waals surface area contributed by atoms with Crippen LogP contribution in [0.15, 0.2) is 67.0 Å². The number of hydrogen-bond acceptors (Lipinski definition) is 5. The molecule has 1 fully saturated rings. The zero-order valence-electron chi connectivity index (χ0n) is 17.7. The lowest BCUT2D eigenvalue weighted by molar-refractivity contribution is 0.311. The SMILES string of the molecule is O=S(CCN1CCCN(c2ncccn2)CC1)C(c1ccc(F)cc1)c1ccc(F)cc1. The van der Waals surface area contributed by atoms with Gasteiger partial charge in [0, 0.05) is 55.1 Å². The van der Waals surface area contributed by atoms with Gasteiger partial charge in [-0.1, -0.05) is 24.3 Å². The number of aromatic nitrogens is 2. The molecule has 1 aliphatic rings. The highest BCUT2D eigenvalue weighted by atomic mass is 32.2. The number of halogens is 2. The Kier molecular flexibility index (Phi) is 7.55. The van der Waals surface area contributed by atoms with Gasteiger partial charge in [-0.25, -0.2) is 18.7 Å². The summed E-state index contributed by atoms with van der Waals surface area (Å²) < 4.78 is 40.3. The Morgan fingerprint density at radius 2 is 1.44 bits per heavy atom. The predicted octanol–water partition coefficient (Wildman–Crippen LogP) is 3.81. The smallest absolute Gasteiger partial charge is 0.225 e. The van der Waals surface area contributed by atoms with Crippen molar-refractivity contribution in [2.75, 3.05) is 43.4 Å². The Morgan fingerprint density at radius 1 is 0.844 bits per heavy atom. The molecule has 0 aliphatic carbocycles. The number of hydrogen-bond donors (Lipinski definition) is 0. The van der Waals surface area contributed by atoms with Crippen molar-refractivity contribution in [2.45, 2.75) is 11.7 Å². The van der Waals surface area contributed by atoms with E-state index in [2.05, 4.69) is 19.8 Å². The maximum Gasteiger partial charge on any atom is 0.225 e. The summed E-state index contributed by atoms with van der Waals surface area (Å²) in [4.78, 5) is 13.2. The molecule has 1 atom stereocenters. The first-order valence-corrected chi connectivity index (χ1v) is 12.1. The number of anilines is 1. The van der Waals surface area contributed by atoms with Crippen LogP contribution in [0.2, 0.25) is 0 Å². The van der Waals surface area contributed by atoms with Crippen molar-refractivity contribution in [1.29, 1.82) is 0 Å². The zero-order valence-corrected chi connectivity index (χ0v) is 18.6. The van der Waals surface area contributed by atoms with Gasteiger partial charge >= 0.3 is 0 Å². The van der Waals surface area contributed by atoms with Crippen molar-refractivity contribution in [1.82, 2.24) is 14.9 Å². The normalized spacial score (nSPS) is 16.2. The van der Waals surface area contributed by atoms with Gasteiger partial charge in [-0.2, -0.15) is 0 Å². The molecule has 2 aromatic carbocycles. The molecular formula is C24H26F2N4OS. The molecule has 1 aromatic heterocycles. The minimum Gasteiger partial charge on any atom is -0.339 e. The Balaban J connectivity index is 1.42. The van der Waals surface area contributed by atoms with Gasteiger partial charge in [0.1, 0.15) is 11.6 Å². The predicted molar refractivity (Wildman–Crippen MR) is 123 cm³/mol. The third kappa shape index (κ3) is 5.75. The maximum atomic E-state index is 13.4. The Hall–Kier alpha value is -2.71. The molecule has 0 amide bonds. The molecule has 1 saturated heterocycles. The average molecular weight is 457 g/mol. The van der Waals surface area contributed by atoms with Crippen LogP contribution < -0.4 is 4.90 Å². The summed E-state index contributed by atoms with van der Waals surface area (Å²) in [6.45, 7) is 4.15. The van der Waals surface area contributed by atoms with Gasteiger partial charge in [-0.3, -0.25) is 4.21 Å². The van der Waals surface area contributed by atoms with Crippen molar-refractivity contribution in [3.05, 3.63) is 89.8 Å². The maximum absolute atomic E-state index is 13.4. The molecule has 0 radical (unpaired) electrons. The lowest BCUT2D eigenvalue weighted by Gasteiger charge is -2.23. The van der Waals surface area contributed by atoms with E-state index >= 15 is 0 Å². The van der Waals surface area contributed by atoms with Gasteiger partial charge in [0.25, 0.3) is 0 Å². The van der Waals surface area contributed by atoms with Crippen molar-refractivity contribution in [2.24, 2.45) is 0 Å². The van der Waals surface area contributed by atoms with Crippen LogP contribution in [-0.4, -0.2) is 57.6 Å². The fourth-order valence-corrected chi connectivity index (χ4v) is 5.55. The quantitative estimate of drug-likeness (QED) is 0.541. The van der Waals surface area contributed by atoms with Gasteiger partial charge < -0.3 is 9.80 Å². The van der Waals surface area contributed by atoms with E-state index in [4.69, 9.17) is 0 Å². The second-order valence-corrected chi connectivity index (χ2v) is 9.44. The second kappa shape index (κ2) is 10.7. The molecule has 2 heterocycles. The van der Waals surface area contributed by atoms with E-state index in [0.29, 0.717) is 12.3 Å². The van der Waals surface area contributed by atoms with Gasteiger partial charge in [0.15, 0.2) is 0 Å². The largest absolute Gasteiger partial charge is 0.339 e. The average Bonchev–Trinajstić information content (AvgIpc) is 3.07. The van der Waals surface area contributed by atoms with Crippen LogP contribution in [0, 0.1) is 11.6 Å². The highest BCUT2D eigenvalue weighted by Gasteiger charge is 2.23. The third-order valence-corrected chi connectivity index (χ3v) is 7.30. The van der Waals surface area contributed by atoms with Gasteiger partial charge in [-0.15, -0.1) is 0 Å². The molecule has 1 aliphatic heterocycles. The van der Waals surface area contributed by atoms with E-state index in [1.807, 2.05) is 6.07 Å². The Morgan fingerprint density at radius 3 is 2.03 bits per heavy atom. The molecule has 32 heavy (non-hydrogen) atoms. The van der Waals surface area contributed by atoms with Crippen LogP contribution in [0.4, 0.5) is 14.7 Å². The first-order chi connectivity index (χ1) is 15.6. The zero-order chi connectivity index (χ0) is 22.3. The van der Waals surface area contributed by atoms with Crippen molar-refractivity contribution >= 4 is 16.7 Å². The van der Waals surface area contributed by atoms with Gasteiger partial charge in [0.2, 0.25) is 5.95 Å². The Labute approximate surface area is 189 Å². The minimum atomic E-state index is -1.25. The fraction of sp³-hybridized carbons (Fsp3) is 0.333. The van der Waals surface area contributed by atoms with Crippen molar-refractivity contribution in [3.8, 4) is 0 Å². The molecule has 4 rings (SSSR count). The monoisotopic (exact) mass is 456 g/mol. The Bertz CT molecular complexity index is 973. The molecule has 0 N–H and O–H groups in total. The van der Waals surface area contributed by atoms with E-state index in [1.54, 1.807) is 36.7 Å². The van der Waals surface area contributed by atoms with E-state index in [1.165, 1.54) is 24.3 Å². The molecule has 168 valence electrons. The molecule has 0 spiro atoms. The van der Waals surface area contributed by atoms with E-state index < -0.39 is 16.0 Å². The standard InChI is InChI=1S/C24H26F2N4OS/c25-21-7-3-19(4-8-21)23(20-5-9-22(26)10-6-20)32(31)18-17-29-13-2-14-30(16-15-29)24-27-11-1-12-28-24/h1,3-12,23H,2,13-18H2. The molecule has 0 saturated carbocycles. The third-order valence-electron chi connectivity index (χ3n) is 5.64. The van der Waals surface area contributed by atoms with Gasteiger partial charge in [0.05, 0.1) is 5.25 Å².